The number of ether oxygens (including phenoxy) is 1. The summed E-state index contributed by atoms with van der Waals surface area (Å²) in [5.41, 5.74) is 0.883. The zero-order valence-electron chi connectivity index (χ0n) is 9.88. The van der Waals surface area contributed by atoms with Crippen molar-refractivity contribution >= 4 is 15.9 Å². The second-order valence-electron chi connectivity index (χ2n) is 4.42. The van der Waals surface area contributed by atoms with Crippen LogP contribution in [-0.4, -0.2) is 11.7 Å². The third-order valence-electron chi connectivity index (χ3n) is 2.10. The molecule has 0 aliphatic rings. The lowest BCUT2D eigenvalue weighted by Crippen LogP contribution is -2.16. The Balaban J connectivity index is 3.00. The van der Waals surface area contributed by atoms with Gasteiger partial charge in [-0.05, 0) is 48.3 Å². The van der Waals surface area contributed by atoms with Crippen LogP contribution in [0.15, 0.2) is 34.8 Å². The Morgan fingerprint density at radius 2 is 2.12 bits per heavy atom. The van der Waals surface area contributed by atoms with E-state index in [4.69, 9.17) is 4.74 Å². The Morgan fingerprint density at radius 3 is 2.62 bits per heavy atom. The smallest absolute Gasteiger partial charge is 0.134 e. The molecule has 0 heterocycles. The molecule has 1 aromatic carbocycles. The van der Waals surface area contributed by atoms with E-state index in [1.165, 1.54) is 0 Å². The van der Waals surface area contributed by atoms with E-state index in [0.717, 1.165) is 21.4 Å². The van der Waals surface area contributed by atoms with Gasteiger partial charge in [-0.3, -0.25) is 0 Å². The number of rotatable bonds is 4. The average molecular weight is 285 g/mol. The molecule has 1 aromatic rings. The Kier molecular flexibility index (Phi) is 4.16. The van der Waals surface area contributed by atoms with Gasteiger partial charge in [0.25, 0.3) is 0 Å². The predicted molar refractivity (Wildman–Crippen MR) is 69.7 cm³/mol. The van der Waals surface area contributed by atoms with Crippen LogP contribution in [0, 0.1) is 0 Å². The van der Waals surface area contributed by atoms with Crippen molar-refractivity contribution < 1.29 is 9.84 Å². The fourth-order valence-corrected chi connectivity index (χ4v) is 2.16. The second kappa shape index (κ2) is 5.02. The minimum absolute atomic E-state index is 0.480. The summed E-state index contributed by atoms with van der Waals surface area (Å²) >= 11 is 3.45. The Labute approximate surface area is 105 Å². The normalized spacial score (nSPS) is 11.3. The summed E-state index contributed by atoms with van der Waals surface area (Å²) < 4.78 is 6.37. The van der Waals surface area contributed by atoms with Crippen LogP contribution in [0.25, 0.3) is 0 Å². The van der Waals surface area contributed by atoms with Crippen LogP contribution in [0.5, 0.6) is 5.75 Å². The van der Waals surface area contributed by atoms with Gasteiger partial charge in [0, 0.05) is 5.56 Å². The van der Waals surface area contributed by atoms with Gasteiger partial charge in [0.2, 0.25) is 0 Å². The van der Waals surface area contributed by atoms with Gasteiger partial charge in [-0.25, -0.2) is 0 Å². The lowest BCUT2D eigenvalue weighted by atomic mass is 9.98. The fraction of sp³-hybridized carbons (Fsp3) is 0.385. The molecule has 3 heteroatoms. The number of halogens is 1. The quantitative estimate of drug-likeness (QED) is 0.856. The molecular formula is C13H17BrO2. The summed E-state index contributed by atoms with van der Waals surface area (Å²) in [7, 11) is 0. The molecule has 1 N–H and O–H groups in total. The van der Waals surface area contributed by atoms with Gasteiger partial charge in [-0.1, -0.05) is 18.7 Å². The van der Waals surface area contributed by atoms with Crippen LogP contribution in [0.4, 0.5) is 0 Å². The van der Waals surface area contributed by atoms with E-state index < -0.39 is 5.60 Å². The zero-order chi connectivity index (χ0) is 12.3. The van der Waals surface area contributed by atoms with Crippen LogP contribution in [0.2, 0.25) is 0 Å². The Hall–Kier alpha value is -0.800. The molecule has 0 aliphatic carbocycles. The van der Waals surface area contributed by atoms with Gasteiger partial charge in [-0.2, -0.15) is 0 Å². The molecule has 0 amide bonds. The molecule has 0 aromatic heterocycles. The van der Waals surface area contributed by atoms with Crippen molar-refractivity contribution in [2.24, 2.45) is 0 Å². The van der Waals surface area contributed by atoms with Gasteiger partial charge in [0.15, 0.2) is 0 Å². The van der Waals surface area contributed by atoms with Crippen LogP contribution < -0.4 is 4.74 Å². The van der Waals surface area contributed by atoms with Gasteiger partial charge in [0.05, 0.1) is 10.1 Å². The lowest BCUT2D eigenvalue weighted by molar-refractivity contribution is 0.0774. The van der Waals surface area contributed by atoms with Gasteiger partial charge in [-0.15, -0.1) is 0 Å². The average Bonchev–Trinajstić information content (AvgIpc) is 2.14. The summed E-state index contributed by atoms with van der Waals surface area (Å²) in [6.45, 7) is 9.66. The monoisotopic (exact) mass is 284 g/mol. The van der Waals surface area contributed by atoms with Crippen LogP contribution in [0.3, 0.4) is 0 Å². The summed E-state index contributed by atoms with van der Waals surface area (Å²) in [6, 6.07) is 5.60. The van der Waals surface area contributed by atoms with E-state index in [1.54, 1.807) is 13.8 Å². The van der Waals surface area contributed by atoms with Crippen molar-refractivity contribution in [1.82, 2.24) is 0 Å². The molecule has 0 saturated heterocycles. The maximum Gasteiger partial charge on any atom is 0.134 e. The van der Waals surface area contributed by atoms with Crippen molar-refractivity contribution in [1.29, 1.82) is 0 Å². The fourth-order valence-electron chi connectivity index (χ4n) is 1.30. The highest BCUT2D eigenvalue weighted by Crippen LogP contribution is 2.35. The Morgan fingerprint density at radius 1 is 1.50 bits per heavy atom. The van der Waals surface area contributed by atoms with Crippen molar-refractivity contribution in [3.63, 3.8) is 0 Å². The van der Waals surface area contributed by atoms with Gasteiger partial charge in [0.1, 0.15) is 12.4 Å². The standard InChI is InChI=1S/C13H17BrO2/c1-9(2)8-16-11-7-5-6-10(12(11)14)13(3,4)15/h5-7,15H,1,8H2,2-4H3. The van der Waals surface area contributed by atoms with Gasteiger partial charge < -0.3 is 9.84 Å². The first-order chi connectivity index (χ1) is 7.32. The largest absolute Gasteiger partial charge is 0.488 e. The first kappa shape index (κ1) is 13.3. The molecule has 2 nitrogen and oxygen atoms in total. The van der Waals surface area contributed by atoms with E-state index in [-0.39, 0.29) is 0 Å². The minimum atomic E-state index is -0.887. The topological polar surface area (TPSA) is 29.5 Å². The second-order valence-corrected chi connectivity index (χ2v) is 5.22. The summed E-state index contributed by atoms with van der Waals surface area (Å²) in [5, 5.41) is 9.97. The zero-order valence-corrected chi connectivity index (χ0v) is 11.5. The van der Waals surface area contributed by atoms with Gasteiger partial charge >= 0.3 is 0 Å². The van der Waals surface area contributed by atoms with Crippen molar-refractivity contribution in [3.05, 3.63) is 40.4 Å². The van der Waals surface area contributed by atoms with E-state index in [0.29, 0.717) is 6.61 Å². The van der Waals surface area contributed by atoms with Crippen LogP contribution in [-0.2, 0) is 5.60 Å². The third kappa shape index (κ3) is 3.35. The lowest BCUT2D eigenvalue weighted by Gasteiger charge is -2.21. The summed E-state index contributed by atoms with van der Waals surface area (Å²) in [6.07, 6.45) is 0. The minimum Gasteiger partial charge on any atom is -0.488 e. The highest BCUT2D eigenvalue weighted by Gasteiger charge is 2.21. The van der Waals surface area contributed by atoms with E-state index in [1.807, 2.05) is 25.1 Å². The highest BCUT2D eigenvalue weighted by atomic mass is 79.9. The van der Waals surface area contributed by atoms with Crippen molar-refractivity contribution in [2.75, 3.05) is 6.61 Å². The van der Waals surface area contributed by atoms with Crippen LogP contribution in [0.1, 0.15) is 26.3 Å². The number of aliphatic hydroxyl groups is 1. The predicted octanol–water partition coefficient (Wildman–Crippen LogP) is 3.63. The first-order valence-corrected chi connectivity index (χ1v) is 5.90. The number of hydrogen-bond donors (Lipinski definition) is 1. The van der Waals surface area contributed by atoms with Crippen molar-refractivity contribution in [3.8, 4) is 5.75 Å². The Bertz CT molecular complexity index is 391. The number of benzene rings is 1. The van der Waals surface area contributed by atoms with E-state index in [2.05, 4.69) is 22.5 Å². The molecule has 0 saturated carbocycles. The molecule has 88 valence electrons. The van der Waals surface area contributed by atoms with E-state index >= 15 is 0 Å². The SMILES string of the molecule is C=C(C)COc1cccc(C(C)(C)O)c1Br. The van der Waals surface area contributed by atoms with E-state index in [9.17, 15) is 5.11 Å². The first-order valence-electron chi connectivity index (χ1n) is 5.11. The van der Waals surface area contributed by atoms with Crippen LogP contribution >= 0.6 is 15.9 Å². The van der Waals surface area contributed by atoms with Crippen molar-refractivity contribution in [2.45, 2.75) is 26.4 Å². The molecule has 0 aliphatic heterocycles. The molecule has 16 heavy (non-hydrogen) atoms. The highest BCUT2D eigenvalue weighted by molar-refractivity contribution is 9.10. The molecule has 0 radical (unpaired) electrons. The molecule has 0 unspecified atom stereocenters. The number of hydrogen-bond acceptors (Lipinski definition) is 2. The molecule has 0 fully saturated rings. The molecule has 0 bridgehead atoms. The molecular weight excluding hydrogens is 268 g/mol. The maximum atomic E-state index is 9.97. The summed E-state index contributed by atoms with van der Waals surface area (Å²) in [5.74, 6) is 0.725. The third-order valence-corrected chi connectivity index (χ3v) is 2.91. The maximum absolute atomic E-state index is 9.97. The summed E-state index contributed by atoms with van der Waals surface area (Å²) in [4.78, 5) is 0. The molecule has 0 spiro atoms. The molecule has 0 atom stereocenters. The molecule has 1 rings (SSSR count).